The SMILES string of the molecule is CC(C)c1ccc(CN[C@@H](C(=O)O)C(C)C)cc1. The molecule has 0 aliphatic carbocycles. The second kappa shape index (κ2) is 6.55. The van der Waals surface area contributed by atoms with E-state index in [4.69, 9.17) is 5.11 Å². The summed E-state index contributed by atoms with van der Waals surface area (Å²) in [6.45, 7) is 8.73. The van der Waals surface area contributed by atoms with Gasteiger partial charge in [-0.15, -0.1) is 0 Å². The Morgan fingerprint density at radius 1 is 1.17 bits per heavy atom. The third-order valence-corrected chi connectivity index (χ3v) is 3.11. The van der Waals surface area contributed by atoms with Crippen LogP contribution in [0.5, 0.6) is 0 Å². The van der Waals surface area contributed by atoms with Gasteiger partial charge in [-0.3, -0.25) is 4.79 Å². The summed E-state index contributed by atoms with van der Waals surface area (Å²) in [4.78, 5) is 11.0. The fourth-order valence-corrected chi connectivity index (χ4v) is 1.86. The predicted molar refractivity (Wildman–Crippen MR) is 73.6 cm³/mol. The number of hydrogen-bond donors (Lipinski definition) is 2. The van der Waals surface area contributed by atoms with E-state index in [-0.39, 0.29) is 5.92 Å². The minimum absolute atomic E-state index is 0.0810. The van der Waals surface area contributed by atoms with Crippen molar-refractivity contribution >= 4 is 5.97 Å². The normalized spacial score (nSPS) is 13.0. The molecule has 0 heterocycles. The minimum atomic E-state index is -0.788. The molecule has 1 aromatic rings. The van der Waals surface area contributed by atoms with Gasteiger partial charge in [-0.05, 0) is 23.0 Å². The van der Waals surface area contributed by atoms with Crippen molar-refractivity contribution in [2.45, 2.75) is 46.2 Å². The quantitative estimate of drug-likeness (QED) is 0.814. The van der Waals surface area contributed by atoms with Crippen molar-refractivity contribution in [2.75, 3.05) is 0 Å². The average Bonchev–Trinajstić information content (AvgIpc) is 2.28. The second-order valence-corrected chi connectivity index (χ2v) is 5.34. The number of hydrogen-bond acceptors (Lipinski definition) is 2. The molecule has 0 unspecified atom stereocenters. The number of aliphatic carboxylic acids is 1. The predicted octanol–water partition coefficient (Wildman–Crippen LogP) is 3.01. The van der Waals surface area contributed by atoms with Gasteiger partial charge in [0.05, 0.1) is 0 Å². The Labute approximate surface area is 109 Å². The first-order valence-electron chi connectivity index (χ1n) is 6.46. The van der Waals surface area contributed by atoms with E-state index in [9.17, 15) is 4.79 Å². The summed E-state index contributed by atoms with van der Waals surface area (Å²) in [5.41, 5.74) is 2.42. The highest BCUT2D eigenvalue weighted by Gasteiger charge is 2.20. The molecule has 0 saturated carbocycles. The third-order valence-electron chi connectivity index (χ3n) is 3.11. The highest BCUT2D eigenvalue weighted by atomic mass is 16.4. The van der Waals surface area contributed by atoms with E-state index in [1.165, 1.54) is 5.56 Å². The largest absolute Gasteiger partial charge is 0.480 e. The topological polar surface area (TPSA) is 49.3 Å². The molecule has 0 spiro atoms. The molecule has 0 radical (unpaired) electrons. The van der Waals surface area contributed by atoms with Gasteiger partial charge in [0.1, 0.15) is 6.04 Å². The van der Waals surface area contributed by atoms with Gasteiger partial charge >= 0.3 is 5.97 Å². The molecular formula is C15H23NO2. The van der Waals surface area contributed by atoms with Crippen LogP contribution in [0.1, 0.15) is 44.7 Å². The van der Waals surface area contributed by atoms with Gasteiger partial charge in [0.25, 0.3) is 0 Å². The lowest BCUT2D eigenvalue weighted by molar-refractivity contribution is -0.140. The van der Waals surface area contributed by atoms with Gasteiger partial charge in [-0.2, -0.15) is 0 Å². The van der Waals surface area contributed by atoms with Gasteiger partial charge in [0, 0.05) is 6.54 Å². The zero-order chi connectivity index (χ0) is 13.7. The number of benzene rings is 1. The van der Waals surface area contributed by atoms with E-state index < -0.39 is 12.0 Å². The van der Waals surface area contributed by atoms with Crippen LogP contribution in [0.15, 0.2) is 24.3 Å². The molecule has 3 heteroatoms. The van der Waals surface area contributed by atoms with Crippen molar-refractivity contribution < 1.29 is 9.90 Å². The maximum atomic E-state index is 11.0. The molecule has 1 atom stereocenters. The number of carbonyl (C=O) groups is 1. The van der Waals surface area contributed by atoms with Crippen LogP contribution in [0, 0.1) is 5.92 Å². The zero-order valence-corrected chi connectivity index (χ0v) is 11.6. The summed E-state index contributed by atoms with van der Waals surface area (Å²) in [5.74, 6) is -0.185. The molecule has 0 aliphatic rings. The molecule has 18 heavy (non-hydrogen) atoms. The summed E-state index contributed by atoms with van der Waals surface area (Å²) in [6.07, 6.45) is 0. The first-order chi connectivity index (χ1) is 8.41. The third kappa shape index (κ3) is 4.15. The van der Waals surface area contributed by atoms with Crippen molar-refractivity contribution in [1.82, 2.24) is 5.32 Å². The van der Waals surface area contributed by atoms with Crippen LogP contribution in [-0.2, 0) is 11.3 Å². The summed E-state index contributed by atoms with van der Waals surface area (Å²) in [5, 5.41) is 12.2. The van der Waals surface area contributed by atoms with E-state index in [0.29, 0.717) is 12.5 Å². The Hall–Kier alpha value is -1.35. The van der Waals surface area contributed by atoms with Gasteiger partial charge in [-0.1, -0.05) is 52.0 Å². The van der Waals surface area contributed by atoms with Crippen molar-refractivity contribution in [3.05, 3.63) is 35.4 Å². The fraction of sp³-hybridized carbons (Fsp3) is 0.533. The molecule has 1 aromatic carbocycles. The lowest BCUT2D eigenvalue weighted by atomic mass is 10.0. The van der Waals surface area contributed by atoms with Crippen LogP contribution in [0.4, 0.5) is 0 Å². The summed E-state index contributed by atoms with van der Waals surface area (Å²) >= 11 is 0. The Bertz CT molecular complexity index is 382. The van der Waals surface area contributed by atoms with Crippen molar-refractivity contribution in [1.29, 1.82) is 0 Å². The van der Waals surface area contributed by atoms with Gasteiger partial charge in [0.15, 0.2) is 0 Å². The summed E-state index contributed by atoms with van der Waals surface area (Å²) in [7, 11) is 0. The molecule has 3 nitrogen and oxygen atoms in total. The number of rotatable bonds is 6. The number of nitrogens with one attached hydrogen (secondary N) is 1. The molecule has 1 rings (SSSR count). The van der Waals surface area contributed by atoms with Crippen molar-refractivity contribution in [3.63, 3.8) is 0 Å². The molecule has 2 N–H and O–H groups in total. The van der Waals surface area contributed by atoms with Crippen molar-refractivity contribution in [2.24, 2.45) is 5.92 Å². The monoisotopic (exact) mass is 249 g/mol. The lowest BCUT2D eigenvalue weighted by Gasteiger charge is -2.18. The first-order valence-corrected chi connectivity index (χ1v) is 6.46. The first kappa shape index (κ1) is 14.7. The van der Waals surface area contributed by atoms with Crippen LogP contribution in [-0.4, -0.2) is 17.1 Å². The van der Waals surface area contributed by atoms with Gasteiger partial charge < -0.3 is 10.4 Å². The van der Waals surface area contributed by atoms with E-state index in [1.807, 2.05) is 13.8 Å². The van der Waals surface area contributed by atoms with Crippen LogP contribution in [0.3, 0.4) is 0 Å². The molecule has 0 saturated heterocycles. The van der Waals surface area contributed by atoms with E-state index in [0.717, 1.165) is 5.56 Å². The van der Waals surface area contributed by atoms with Gasteiger partial charge in [0.2, 0.25) is 0 Å². The molecule has 0 amide bonds. The maximum absolute atomic E-state index is 11.0. The lowest BCUT2D eigenvalue weighted by Crippen LogP contribution is -2.40. The maximum Gasteiger partial charge on any atom is 0.320 e. The molecule has 0 fully saturated rings. The van der Waals surface area contributed by atoms with Crippen LogP contribution < -0.4 is 5.32 Å². The Kier molecular flexibility index (Phi) is 5.35. The van der Waals surface area contributed by atoms with E-state index in [1.54, 1.807) is 0 Å². The molecule has 0 aromatic heterocycles. The minimum Gasteiger partial charge on any atom is -0.480 e. The van der Waals surface area contributed by atoms with Crippen molar-refractivity contribution in [3.8, 4) is 0 Å². The summed E-state index contributed by atoms with van der Waals surface area (Å²) in [6, 6.07) is 7.83. The fourth-order valence-electron chi connectivity index (χ4n) is 1.86. The molecule has 0 bridgehead atoms. The molecular weight excluding hydrogens is 226 g/mol. The highest BCUT2D eigenvalue weighted by Crippen LogP contribution is 2.14. The number of carboxylic acids is 1. The number of carboxylic acid groups (broad SMARTS) is 1. The van der Waals surface area contributed by atoms with Gasteiger partial charge in [-0.25, -0.2) is 0 Å². The molecule has 100 valence electrons. The van der Waals surface area contributed by atoms with Crippen LogP contribution >= 0.6 is 0 Å². The Balaban J connectivity index is 2.60. The van der Waals surface area contributed by atoms with E-state index in [2.05, 4.69) is 43.4 Å². The van der Waals surface area contributed by atoms with Crippen LogP contribution in [0.25, 0.3) is 0 Å². The standard InChI is InChI=1S/C15H23NO2/c1-10(2)13-7-5-12(6-8-13)9-16-14(11(3)4)15(17)18/h5-8,10-11,14,16H,9H2,1-4H3,(H,17,18)/t14-/m1/s1. The Morgan fingerprint density at radius 3 is 2.11 bits per heavy atom. The Morgan fingerprint density at radius 2 is 1.72 bits per heavy atom. The summed E-state index contributed by atoms with van der Waals surface area (Å²) < 4.78 is 0. The zero-order valence-electron chi connectivity index (χ0n) is 11.6. The average molecular weight is 249 g/mol. The smallest absolute Gasteiger partial charge is 0.320 e. The highest BCUT2D eigenvalue weighted by molar-refractivity contribution is 5.73. The van der Waals surface area contributed by atoms with Crippen LogP contribution in [0.2, 0.25) is 0 Å². The van der Waals surface area contributed by atoms with E-state index >= 15 is 0 Å². The molecule has 0 aliphatic heterocycles. The second-order valence-electron chi connectivity index (χ2n) is 5.34.